The molecule has 1 aromatic heterocycles. The minimum absolute atomic E-state index is 0.172. The molecule has 186 valence electrons. The normalized spacial score (nSPS) is 25.8. The second-order valence-electron chi connectivity index (χ2n) is 11.3. The van der Waals surface area contributed by atoms with E-state index in [2.05, 4.69) is 46.5 Å². The molecule has 6 heteroatoms. The van der Waals surface area contributed by atoms with E-state index in [1.807, 2.05) is 42.5 Å². The Balaban J connectivity index is 1.14. The third-order valence-corrected chi connectivity index (χ3v) is 9.09. The van der Waals surface area contributed by atoms with Crippen molar-refractivity contribution >= 4 is 50.6 Å². The lowest BCUT2D eigenvalue weighted by Gasteiger charge is -2.57. The predicted molar refractivity (Wildman–Crippen MR) is 152 cm³/mol. The van der Waals surface area contributed by atoms with Crippen LogP contribution in [0.15, 0.2) is 72.8 Å². The Morgan fingerprint density at radius 3 is 2.22 bits per heavy atom. The maximum absolute atomic E-state index is 13.3. The zero-order valence-electron chi connectivity index (χ0n) is 20.7. The van der Waals surface area contributed by atoms with Crippen molar-refractivity contribution < 1.29 is 4.79 Å². The Kier molecular flexibility index (Phi) is 5.39. The number of thiocarbonyl (C=S) groups is 1. The van der Waals surface area contributed by atoms with Gasteiger partial charge in [-0.2, -0.15) is 0 Å². The molecule has 4 aliphatic rings. The van der Waals surface area contributed by atoms with Crippen LogP contribution in [0.25, 0.3) is 21.7 Å². The quantitative estimate of drug-likeness (QED) is 0.219. The number of hydrogen-bond acceptors (Lipinski definition) is 3. The fourth-order valence-corrected chi connectivity index (χ4v) is 8.00. The monoisotopic (exact) mass is 506 g/mol. The zero-order valence-corrected chi connectivity index (χ0v) is 21.5. The lowest BCUT2D eigenvalue weighted by molar-refractivity contribution is -0.00454. The number of fused-ring (bicyclic) bond motifs is 2. The van der Waals surface area contributed by atoms with Crippen molar-refractivity contribution in [1.82, 2.24) is 15.8 Å². The van der Waals surface area contributed by atoms with Crippen molar-refractivity contribution in [3.05, 3.63) is 84.1 Å². The highest BCUT2D eigenvalue weighted by molar-refractivity contribution is 7.80. The lowest BCUT2D eigenvalue weighted by atomic mass is 9.48. The predicted octanol–water partition coefficient (Wildman–Crippen LogP) is 6.49. The molecular formula is C31H30N4OS. The van der Waals surface area contributed by atoms with Gasteiger partial charge in [0.15, 0.2) is 5.11 Å². The SMILES string of the molecule is O=C(NNC(=S)Nc1cccc2ccccc12)c1cc(C23CC4CC(CC(C4)C2)C3)c2ccccc2n1. The van der Waals surface area contributed by atoms with Crippen molar-refractivity contribution in [2.24, 2.45) is 17.8 Å². The third-order valence-electron chi connectivity index (χ3n) is 8.89. The van der Waals surface area contributed by atoms with Gasteiger partial charge in [-0.25, -0.2) is 4.98 Å². The Hall–Kier alpha value is -3.51. The number of amides is 1. The van der Waals surface area contributed by atoms with Crippen LogP contribution in [-0.2, 0) is 5.41 Å². The number of aromatic nitrogens is 1. The summed E-state index contributed by atoms with van der Waals surface area (Å²) in [5, 5.41) is 6.92. The number of carbonyl (C=O) groups is 1. The van der Waals surface area contributed by atoms with Crippen LogP contribution in [0, 0.1) is 17.8 Å². The molecule has 0 atom stereocenters. The highest BCUT2D eigenvalue weighted by atomic mass is 32.1. The van der Waals surface area contributed by atoms with Gasteiger partial charge < -0.3 is 5.32 Å². The van der Waals surface area contributed by atoms with Gasteiger partial charge >= 0.3 is 0 Å². The zero-order chi connectivity index (χ0) is 25.0. The summed E-state index contributed by atoms with van der Waals surface area (Å²) >= 11 is 5.49. The van der Waals surface area contributed by atoms with Gasteiger partial charge in [0.25, 0.3) is 5.91 Å². The number of hydrogen-bond donors (Lipinski definition) is 3. The van der Waals surface area contributed by atoms with Gasteiger partial charge in [-0.1, -0.05) is 54.6 Å². The van der Waals surface area contributed by atoms with E-state index in [9.17, 15) is 4.79 Å². The second kappa shape index (κ2) is 8.80. The maximum atomic E-state index is 13.3. The molecule has 0 saturated heterocycles. The van der Waals surface area contributed by atoms with Crippen LogP contribution in [0.4, 0.5) is 5.69 Å². The third kappa shape index (κ3) is 4.04. The Morgan fingerprint density at radius 1 is 0.811 bits per heavy atom. The standard InChI is InChI=1S/C31H30N4OS/c36-29(34-35-30(37)33-26-11-5-7-22-6-1-2-8-23(22)26)28-15-25(24-9-3-4-10-27(24)32-28)31-16-19-12-20(17-31)14-21(13-19)18-31/h1-11,15,19-21H,12-14,16-18H2,(H,34,36)(H2,33,35,37). The number of nitrogens with one attached hydrogen (secondary N) is 3. The Bertz CT molecular complexity index is 1510. The highest BCUT2D eigenvalue weighted by Gasteiger charge is 2.52. The molecule has 8 rings (SSSR count). The van der Waals surface area contributed by atoms with Crippen LogP contribution in [0.5, 0.6) is 0 Å². The number of hydrazine groups is 1. The first kappa shape index (κ1) is 22.7. The van der Waals surface area contributed by atoms with Crippen LogP contribution in [0.3, 0.4) is 0 Å². The van der Waals surface area contributed by atoms with Gasteiger partial charge in [0.2, 0.25) is 0 Å². The summed E-state index contributed by atoms with van der Waals surface area (Å²) in [6.45, 7) is 0. The molecule has 4 aliphatic carbocycles. The molecule has 0 radical (unpaired) electrons. The molecule has 0 unspecified atom stereocenters. The van der Waals surface area contributed by atoms with Crippen LogP contribution in [-0.4, -0.2) is 16.0 Å². The molecule has 3 aromatic carbocycles. The minimum atomic E-state index is -0.279. The van der Waals surface area contributed by atoms with Crippen LogP contribution in [0.1, 0.15) is 54.6 Å². The van der Waals surface area contributed by atoms with Crippen molar-refractivity contribution in [3.63, 3.8) is 0 Å². The van der Waals surface area contributed by atoms with Crippen LogP contribution < -0.4 is 16.2 Å². The highest BCUT2D eigenvalue weighted by Crippen LogP contribution is 2.61. The van der Waals surface area contributed by atoms with E-state index in [-0.39, 0.29) is 11.3 Å². The summed E-state index contributed by atoms with van der Waals surface area (Å²) in [6.07, 6.45) is 7.89. The van der Waals surface area contributed by atoms with Gasteiger partial charge in [0, 0.05) is 16.5 Å². The average Bonchev–Trinajstić information content (AvgIpc) is 2.90. The Labute approximate surface area is 222 Å². The summed E-state index contributed by atoms with van der Waals surface area (Å²) in [5.74, 6) is 2.21. The fourth-order valence-electron chi connectivity index (χ4n) is 7.84. The summed E-state index contributed by atoms with van der Waals surface area (Å²) in [6, 6.07) is 24.5. The number of rotatable bonds is 3. The Morgan fingerprint density at radius 2 is 1.46 bits per heavy atom. The molecular weight excluding hydrogens is 476 g/mol. The van der Waals surface area contributed by atoms with Crippen molar-refractivity contribution in [2.75, 3.05) is 5.32 Å². The van der Waals surface area contributed by atoms with Gasteiger partial charge in [0.1, 0.15) is 5.69 Å². The van der Waals surface area contributed by atoms with E-state index < -0.39 is 0 Å². The number of carbonyl (C=O) groups excluding carboxylic acids is 1. The molecule has 37 heavy (non-hydrogen) atoms. The summed E-state index contributed by atoms with van der Waals surface area (Å²) in [4.78, 5) is 18.1. The number of nitrogens with zero attached hydrogens (tertiary/aromatic N) is 1. The molecule has 3 N–H and O–H groups in total. The first-order valence-corrected chi connectivity index (χ1v) is 13.7. The first-order valence-electron chi connectivity index (χ1n) is 13.3. The van der Waals surface area contributed by atoms with Gasteiger partial charge in [-0.3, -0.25) is 15.6 Å². The molecule has 5 nitrogen and oxygen atoms in total. The average molecular weight is 507 g/mol. The molecule has 0 spiro atoms. The number of benzene rings is 3. The maximum Gasteiger partial charge on any atom is 0.288 e. The molecule has 4 bridgehead atoms. The van der Waals surface area contributed by atoms with E-state index in [1.54, 1.807) is 0 Å². The summed E-state index contributed by atoms with van der Waals surface area (Å²) in [7, 11) is 0. The van der Waals surface area contributed by atoms with Crippen LogP contribution in [0.2, 0.25) is 0 Å². The smallest absolute Gasteiger partial charge is 0.288 e. The summed E-state index contributed by atoms with van der Waals surface area (Å²) in [5.41, 5.74) is 9.35. The minimum Gasteiger partial charge on any atom is -0.331 e. The molecule has 0 aliphatic heterocycles. The largest absolute Gasteiger partial charge is 0.331 e. The number of pyridine rings is 1. The van der Waals surface area contributed by atoms with Crippen molar-refractivity contribution in [2.45, 2.75) is 43.9 Å². The number of para-hydroxylation sites is 1. The molecule has 1 heterocycles. The van der Waals surface area contributed by atoms with Crippen molar-refractivity contribution in [1.29, 1.82) is 0 Å². The topological polar surface area (TPSA) is 66.1 Å². The van der Waals surface area contributed by atoms with E-state index in [1.165, 1.54) is 49.5 Å². The van der Waals surface area contributed by atoms with Gasteiger partial charge in [-0.15, -0.1) is 0 Å². The molecule has 4 saturated carbocycles. The second-order valence-corrected chi connectivity index (χ2v) is 11.7. The molecule has 1 amide bonds. The fraction of sp³-hybridized carbons (Fsp3) is 0.323. The first-order chi connectivity index (χ1) is 18.1. The van der Waals surface area contributed by atoms with Crippen molar-refractivity contribution in [3.8, 4) is 0 Å². The van der Waals surface area contributed by atoms with E-state index >= 15 is 0 Å². The molecule has 4 fully saturated rings. The number of anilines is 1. The van der Waals surface area contributed by atoms with Gasteiger partial charge in [-0.05, 0) is 103 Å². The van der Waals surface area contributed by atoms with Gasteiger partial charge in [0.05, 0.1) is 5.52 Å². The molecule has 4 aromatic rings. The van der Waals surface area contributed by atoms with E-state index in [4.69, 9.17) is 17.2 Å². The van der Waals surface area contributed by atoms with Crippen LogP contribution >= 0.6 is 12.2 Å². The summed E-state index contributed by atoms with van der Waals surface area (Å²) < 4.78 is 0. The van der Waals surface area contributed by atoms with E-state index in [0.29, 0.717) is 10.8 Å². The van der Waals surface area contributed by atoms with E-state index in [0.717, 1.165) is 39.7 Å². The lowest BCUT2D eigenvalue weighted by Crippen LogP contribution is -2.49.